The largest absolute Gasteiger partial charge is 0.497 e. The molecular formula is C19H21NOS2. The maximum atomic E-state index is 5.30. The molecule has 0 aliphatic carbocycles. The van der Waals surface area contributed by atoms with Crippen LogP contribution >= 0.6 is 23.5 Å². The maximum Gasteiger partial charge on any atom is 0.119 e. The van der Waals surface area contributed by atoms with Crippen LogP contribution in [0.4, 0.5) is 5.69 Å². The first-order valence-electron chi connectivity index (χ1n) is 8.05. The summed E-state index contributed by atoms with van der Waals surface area (Å²) < 4.78 is 5.30. The third kappa shape index (κ3) is 2.94. The number of benzene rings is 2. The van der Waals surface area contributed by atoms with E-state index in [2.05, 4.69) is 83.0 Å². The van der Waals surface area contributed by atoms with Crippen molar-refractivity contribution in [2.24, 2.45) is 0 Å². The summed E-state index contributed by atoms with van der Waals surface area (Å²) >= 11 is 4.27. The fraction of sp³-hybridized carbons (Fsp3) is 0.368. The average Bonchev–Trinajstić information content (AvgIpc) is 3.02. The Kier molecular flexibility index (Phi) is 4.45. The first kappa shape index (κ1) is 15.3. The van der Waals surface area contributed by atoms with Crippen LogP contribution in [0.25, 0.3) is 0 Å². The molecule has 0 unspecified atom stereocenters. The molecule has 2 nitrogen and oxygen atoms in total. The van der Waals surface area contributed by atoms with E-state index in [0.29, 0.717) is 16.5 Å². The quantitative estimate of drug-likeness (QED) is 0.814. The van der Waals surface area contributed by atoms with Gasteiger partial charge in [0, 0.05) is 34.9 Å². The Morgan fingerprint density at radius 3 is 2.43 bits per heavy atom. The summed E-state index contributed by atoms with van der Waals surface area (Å²) in [5.74, 6) is 4.06. The molecule has 2 aliphatic rings. The molecular weight excluding hydrogens is 322 g/mol. The fourth-order valence-electron chi connectivity index (χ4n) is 3.55. The lowest BCUT2D eigenvalue weighted by atomic mass is 9.98. The number of rotatable bonds is 3. The van der Waals surface area contributed by atoms with E-state index in [1.165, 1.54) is 22.8 Å². The number of hydrogen-bond acceptors (Lipinski definition) is 4. The summed E-state index contributed by atoms with van der Waals surface area (Å²) in [6.07, 6.45) is 0. The highest BCUT2D eigenvalue weighted by Crippen LogP contribution is 2.48. The Morgan fingerprint density at radius 2 is 1.70 bits per heavy atom. The highest BCUT2D eigenvalue weighted by atomic mass is 32.2. The fourth-order valence-corrected chi connectivity index (χ4v) is 6.86. The predicted molar refractivity (Wildman–Crippen MR) is 102 cm³/mol. The molecule has 0 N–H and O–H groups in total. The first-order chi connectivity index (χ1) is 11.4. The minimum absolute atomic E-state index is 0.576. The van der Waals surface area contributed by atoms with Crippen molar-refractivity contribution in [2.75, 3.05) is 30.1 Å². The summed E-state index contributed by atoms with van der Waals surface area (Å²) in [6.45, 7) is 1.10. The third-order valence-electron chi connectivity index (χ3n) is 4.69. The summed E-state index contributed by atoms with van der Waals surface area (Å²) in [7, 11) is 1.72. The SMILES string of the molecule is COc1ccc(N2C[C@@H](c3ccccc3)[C@@H]3SCCS[C@@H]32)cc1. The standard InChI is InChI=1S/C19H21NOS2/c1-21-16-9-7-15(8-10-16)20-13-17(14-5-3-2-4-6-14)18-19(20)23-12-11-22-18/h2-10,17-19H,11-13H2,1H3/t17-,18-,19-/m0/s1. The van der Waals surface area contributed by atoms with E-state index in [4.69, 9.17) is 4.74 Å². The smallest absolute Gasteiger partial charge is 0.119 e. The lowest BCUT2D eigenvalue weighted by molar-refractivity contribution is 0.415. The second-order valence-electron chi connectivity index (χ2n) is 5.96. The van der Waals surface area contributed by atoms with E-state index in [1.54, 1.807) is 7.11 Å². The van der Waals surface area contributed by atoms with Gasteiger partial charge in [-0.15, -0.1) is 11.8 Å². The third-order valence-corrected chi connectivity index (χ3v) is 7.86. The van der Waals surface area contributed by atoms with Crippen LogP contribution in [0.1, 0.15) is 11.5 Å². The molecule has 0 amide bonds. The number of fused-ring (bicyclic) bond motifs is 1. The number of hydrogen-bond donors (Lipinski definition) is 0. The van der Waals surface area contributed by atoms with Gasteiger partial charge in [-0.1, -0.05) is 30.3 Å². The lowest BCUT2D eigenvalue weighted by Gasteiger charge is -2.32. The molecule has 0 radical (unpaired) electrons. The maximum absolute atomic E-state index is 5.30. The number of nitrogens with zero attached hydrogens (tertiary/aromatic N) is 1. The second-order valence-corrected chi connectivity index (χ2v) is 8.47. The molecule has 0 bridgehead atoms. The highest BCUT2D eigenvalue weighted by molar-refractivity contribution is 8.07. The Balaban J connectivity index is 1.64. The molecule has 2 fully saturated rings. The van der Waals surface area contributed by atoms with Crippen LogP contribution in [-0.4, -0.2) is 35.8 Å². The average molecular weight is 344 g/mol. The van der Waals surface area contributed by atoms with E-state index in [9.17, 15) is 0 Å². The molecule has 0 spiro atoms. The van der Waals surface area contributed by atoms with Gasteiger partial charge >= 0.3 is 0 Å². The zero-order chi connectivity index (χ0) is 15.6. The van der Waals surface area contributed by atoms with Crippen LogP contribution in [0.5, 0.6) is 5.75 Å². The van der Waals surface area contributed by atoms with Gasteiger partial charge in [0.2, 0.25) is 0 Å². The van der Waals surface area contributed by atoms with E-state index in [1.807, 2.05) is 0 Å². The zero-order valence-electron chi connectivity index (χ0n) is 13.2. The van der Waals surface area contributed by atoms with Gasteiger partial charge < -0.3 is 9.64 Å². The molecule has 2 aromatic carbocycles. The van der Waals surface area contributed by atoms with Crippen molar-refractivity contribution in [1.29, 1.82) is 0 Å². The highest BCUT2D eigenvalue weighted by Gasteiger charge is 2.44. The van der Waals surface area contributed by atoms with Crippen molar-refractivity contribution < 1.29 is 4.74 Å². The minimum atomic E-state index is 0.576. The molecule has 4 heteroatoms. The molecule has 0 aromatic heterocycles. The summed E-state index contributed by atoms with van der Waals surface area (Å²) in [4.78, 5) is 2.60. The Morgan fingerprint density at radius 1 is 0.957 bits per heavy atom. The van der Waals surface area contributed by atoms with E-state index in [0.717, 1.165) is 12.3 Å². The molecule has 23 heavy (non-hydrogen) atoms. The number of ether oxygens (including phenoxy) is 1. The van der Waals surface area contributed by atoms with Crippen molar-refractivity contribution in [3.05, 3.63) is 60.2 Å². The number of anilines is 1. The predicted octanol–water partition coefficient (Wildman–Crippen LogP) is 4.47. The molecule has 4 rings (SSSR count). The monoisotopic (exact) mass is 343 g/mol. The number of methoxy groups -OCH3 is 1. The van der Waals surface area contributed by atoms with Gasteiger partial charge in [-0.2, -0.15) is 11.8 Å². The summed E-state index contributed by atoms with van der Waals surface area (Å²) in [5.41, 5.74) is 2.79. The van der Waals surface area contributed by atoms with Crippen LogP contribution in [0, 0.1) is 0 Å². The second kappa shape index (κ2) is 6.70. The summed E-state index contributed by atoms with van der Waals surface area (Å²) in [5, 5.41) is 1.26. The molecule has 120 valence electrons. The molecule has 2 saturated heterocycles. The van der Waals surface area contributed by atoms with E-state index >= 15 is 0 Å². The molecule has 2 aliphatic heterocycles. The van der Waals surface area contributed by atoms with Gasteiger partial charge in [0.25, 0.3) is 0 Å². The van der Waals surface area contributed by atoms with Gasteiger partial charge in [-0.05, 0) is 29.8 Å². The molecule has 2 aromatic rings. The van der Waals surface area contributed by atoms with Gasteiger partial charge in [0.1, 0.15) is 5.75 Å². The summed E-state index contributed by atoms with van der Waals surface area (Å²) in [6, 6.07) is 19.6. The van der Waals surface area contributed by atoms with Gasteiger partial charge in [0.15, 0.2) is 0 Å². The van der Waals surface area contributed by atoms with Crippen LogP contribution in [-0.2, 0) is 0 Å². The molecule has 2 heterocycles. The van der Waals surface area contributed by atoms with Crippen molar-refractivity contribution in [1.82, 2.24) is 0 Å². The molecule has 0 saturated carbocycles. The van der Waals surface area contributed by atoms with E-state index in [-0.39, 0.29) is 0 Å². The topological polar surface area (TPSA) is 12.5 Å². The van der Waals surface area contributed by atoms with Crippen molar-refractivity contribution >= 4 is 29.2 Å². The van der Waals surface area contributed by atoms with Gasteiger partial charge in [-0.3, -0.25) is 0 Å². The minimum Gasteiger partial charge on any atom is -0.497 e. The number of thioether (sulfide) groups is 2. The van der Waals surface area contributed by atoms with Gasteiger partial charge in [0.05, 0.1) is 12.5 Å². The Hall–Kier alpha value is -1.26. The molecule has 3 atom stereocenters. The van der Waals surface area contributed by atoms with Crippen LogP contribution in [0.3, 0.4) is 0 Å². The lowest BCUT2D eigenvalue weighted by Crippen LogP contribution is -2.34. The first-order valence-corrected chi connectivity index (χ1v) is 10.2. The normalized spacial score (nSPS) is 26.8. The van der Waals surface area contributed by atoms with Crippen molar-refractivity contribution in [3.8, 4) is 5.75 Å². The van der Waals surface area contributed by atoms with Crippen LogP contribution in [0.15, 0.2) is 54.6 Å². The Bertz CT molecular complexity index is 646. The van der Waals surface area contributed by atoms with Crippen LogP contribution in [0.2, 0.25) is 0 Å². The zero-order valence-corrected chi connectivity index (χ0v) is 14.9. The van der Waals surface area contributed by atoms with Crippen molar-refractivity contribution in [2.45, 2.75) is 16.5 Å². The Labute approximate surface area is 146 Å². The van der Waals surface area contributed by atoms with E-state index < -0.39 is 0 Å². The van der Waals surface area contributed by atoms with Gasteiger partial charge in [-0.25, -0.2) is 0 Å². The van der Waals surface area contributed by atoms with Crippen LogP contribution < -0.4 is 9.64 Å². The van der Waals surface area contributed by atoms with Crippen molar-refractivity contribution in [3.63, 3.8) is 0 Å².